The van der Waals surface area contributed by atoms with E-state index in [1.54, 1.807) is 0 Å². The van der Waals surface area contributed by atoms with Crippen LogP contribution >= 0.6 is 0 Å². The van der Waals surface area contributed by atoms with Gasteiger partial charge in [0.25, 0.3) is 0 Å². The molecule has 1 fully saturated rings. The molecule has 0 radical (unpaired) electrons. The zero-order valence-electron chi connectivity index (χ0n) is 8.47. The maximum Gasteiger partial charge on any atom is 0.155 e. The van der Waals surface area contributed by atoms with Crippen LogP contribution in [0.25, 0.3) is 0 Å². The molecule has 0 atom stereocenters. The summed E-state index contributed by atoms with van der Waals surface area (Å²) in [5, 5.41) is 9.81. The van der Waals surface area contributed by atoms with Gasteiger partial charge >= 0.3 is 0 Å². The average Bonchev–Trinajstić information content (AvgIpc) is 2.51. The number of carbonyl (C=O) groups is 1. The van der Waals surface area contributed by atoms with Gasteiger partial charge in [-0.25, -0.2) is 0 Å². The first kappa shape index (κ1) is 10.3. The summed E-state index contributed by atoms with van der Waals surface area (Å²) in [6, 6.07) is 0. The quantitative estimate of drug-likeness (QED) is 0.538. The summed E-state index contributed by atoms with van der Waals surface area (Å²) in [5.74, 6) is 0.247. The Morgan fingerprint density at radius 1 is 1.46 bits per heavy atom. The van der Waals surface area contributed by atoms with Crippen molar-refractivity contribution in [3.63, 3.8) is 0 Å². The normalized spacial score (nSPS) is 21.8. The zero-order valence-corrected chi connectivity index (χ0v) is 8.47. The number of hydrogen-bond donors (Lipinski definition) is 1. The lowest BCUT2D eigenvalue weighted by Crippen LogP contribution is -2.18. The Labute approximate surface area is 79.6 Å². The Bertz CT molecular complexity index is 222. The van der Waals surface area contributed by atoms with Gasteiger partial charge in [-0.2, -0.15) is 0 Å². The molecule has 0 bridgehead atoms. The van der Waals surface area contributed by atoms with Gasteiger partial charge in [0.2, 0.25) is 0 Å². The molecular weight excluding hydrogens is 164 g/mol. The molecular formula is C11H18O2. The lowest BCUT2D eigenvalue weighted by molar-refractivity contribution is -0.112. The monoisotopic (exact) mass is 182 g/mol. The van der Waals surface area contributed by atoms with E-state index in [1.807, 2.05) is 0 Å². The average molecular weight is 182 g/mol. The fourth-order valence-electron chi connectivity index (χ4n) is 2.19. The van der Waals surface area contributed by atoms with Crippen molar-refractivity contribution in [1.82, 2.24) is 0 Å². The van der Waals surface area contributed by atoms with E-state index in [9.17, 15) is 9.90 Å². The predicted molar refractivity (Wildman–Crippen MR) is 52.6 cm³/mol. The third-order valence-electron chi connectivity index (χ3n) is 3.12. The Morgan fingerprint density at radius 3 is 2.38 bits per heavy atom. The lowest BCUT2D eigenvalue weighted by Gasteiger charge is -2.26. The van der Waals surface area contributed by atoms with Gasteiger partial charge in [0.05, 0.1) is 0 Å². The number of carbonyl (C=O) groups excluding carboxylic acids is 1. The summed E-state index contributed by atoms with van der Waals surface area (Å²) in [5.41, 5.74) is -0.0777. The third kappa shape index (κ3) is 2.11. The van der Waals surface area contributed by atoms with Crippen molar-refractivity contribution in [3.8, 4) is 0 Å². The van der Waals surface area contributed by atoms with E-state index in [0.29, 0.717) is 5.76 Å². The van der Waals surface area contributed by atoms with Gasteiger partial charge in [0, 0.05) is 11.5 Å². The Kier molecular flexibility index (Phi) is 3.12. The molecule has 1 aliphatic rings. The van der Waals surface area contributed by atoms with Crippen LogP contribution in [0.15, 0.2) is 11.8 Å². The molecule has 1 N–H and O–H groups in total. The van der Waals surface area contributed by atoms with Crippen LogP contribution in [0.5, 0.6) is 0 Å². The van der Waals surface area contributed by atoms with Crippen LogP contribution in [0.3, 0.4) is 0 Å². The number of rotatable bonds is 3. The first-order valence-corrected chi connectivity index (χ1v) is 5.02. The molecule has 0 aromatic rings. The largest absolute Gasteiger partial charge is 0.512 e. The second kappa shape index (κ2) is 3.95. The second-order valence-corrected chi connectivity index (χ2v) is 3.98. The minimum Gasteiger partial charge on any atom is -0.512 e. The van der Waals surface area contributed by atoms with Crippen LogP contribution in [-0.4, -0.2) is 10.9 Å². The van der Waals surface area contributed by atoms with Gasteiger partial charge in [0.15, 0.2) is 5.78 Å². The van der Waals surface area contributed by atoms with Crippen molar-refractivity contribution in [1.29, 1.82) is 0 Å². The van der Waals surface area contributed by atoms with Crippen molar-refractivity contribution in [2.24, 2.45) is 5.41 Å². The van der Waals surface area contributed by atoms with Crippen LogP contribution in [-0.2, 0) is 4.79 Å². The van der Waals surface area contributed by atoms with Crippen molar-refractivity contribution in [3.05, 3.63) is 11.8 Å². The molecule has 0 aliphatic heterocycles. The standard InChI is InChI=1S/C11H18O2/c1-3-11(6-4-5-7-11)10(13)8-9(2)12/h8,13H,3-7H2,1-2H3. The predicted octanol–water partition coefficient (Wildman–Crippen LogP) is 2.99. The minimum atomic E-state index is -0.0777. The minimum absolute atomic E-state index is 0.0581. The van der Waals surface area contributed by atoms with Gasteiger partial charge in [-0.15, -0.1) is 0 Å². The molecule has 13 heavy (non-hydrogen) atoms. The SMILES string of the molecule is CCC1(C(O)=CC(C)=O)CCCC1. The van der Waals surface area contributed by atoms with E-state index >= 15 is 0 Å². The van der Waals surface area contributed by atoms with Gasteiger partial charge in [-0.05, 0) is 26.2 Å². The highest BCUT2D eigenvalue weighted by Gasteiger charge is 2.36. The lowest BCUT2D eigenvalue weighted by atomic mass is 9.81. The van der Waals surface area contributed by atoms with Crippen LogP contribution in [0.4, 0.5) is 0 Å². The number of hydrogen-bond acceptors (Lipinski definition) is 2. The molecule has 2 heteroatoms. The molecule has 0 aromatic heterocycles. The summed E-state index contributed by atoms with van der Waals surface area (Å²) in [6.45, 7) is 3.56. The smallest absolute Gasteiger partial charge is 0.155 e. The van der Waals surface area contributed by atoms with Crippen LogP contribution in [0, 0.1) is 5.41 Å². The number of aliphatic hydroxyl groups is 1. The fourth-order valence-corrected chi connectivity index (χ4v) is 2.19. The summed E-state index contributed by atoms with van der Waals surface area (Å²) in [4.78, 5) is 10.8. The Balaban J connectivity index is 2.82. The summed E-state index contributed by atoms with van der Waals surface area (Å²) in [6.07, 6.45) is 6.71. The highest BCUT2D eigenvalue weighted by atomic mass is 16.3. The van der Waals surface area contributed by atoms with Crippen molar-refractivity contribution in [2.75, 3.05) is 0 Å². The summed E-state index contributed by atoms with van der Waals surface area (Å²) in [7, 11) is 0. The van der Waals surface area contributed by atoms with Gasteiger partial charge in [-0.1, -0.05) is 19.8 Å². The van der Waals surface area contributed by atoms with Crippen LogP contribution in [0.2, 0.25) is 0 Å². The molecule has 1 rings (SSSR count). The maximum absolute atomic E-state index is 10.8. The second-order valence-electron chi connectivity index (χ2n) is 3.98. The van der Waals surface area contributed by atoms with E-state index < -0.39 is 0 Å². The molecule has 74 valence electrons. The molecule has 0 unspecified atom stereocenters. The number of ketones is 1. The number of allylic oxidation sites excluding steroid dienone is 2. The van der Waals surface area contributed by atoms with Crippen LogP contribution in [0.1, 0.15) is 46.0 Å². The molecule has 0 heterocycles. The number of aliphatic hydroxyl groups excluding tert-OH is 1. The molecule has 0 aromatic carbocycles. The van der Waals surface area contributed by atoms with E-state index in [2.05, 4.69) is 6.92 Å². The summed E-state index contributed by atoms with van der Waals surface area (Å²) >= 11 is 0. The van der Waals surface area contributed by atoms with Crippen LogP contribution < -0.4 is 0 Å². The van der Waals surface area contributed by atoms with Gasteiger partial charge in [0.1, 0.15) is 5.76 Å². The highest BCUT2D eigenvalue weighted by molar-refractivity contribution is 5.87. The van der Waals surface area contributed by atoms with Crippen molar-refractivity contribution < 1.29 is 9.90 Å². The highest BCUT2D eigenvalue weighted by Crippen LogP contribution is 2.45. The van der Waals surface area contributed by atoms with Gasteiger partial charge < -0.3 is 5.11 Å². The Morgan fingerprint density at radius 2 is 2.00 bits per heavy atom. The molecule has 1 saturated carbocycles. The van der Waals surface area contributed by atoms with E-state index in [1.165, 1.54) is 25.8 Å². The topological polar surface area (TPSA) is 37.3 Å². The van der Waals surface area contributed by atoms with Crippen molar-refractivity contribution in [2.45, 2.75) is 46.0 Å². The molecule has 0 saturated heterocycles. The fraction of sp³-hybridized carbons (Fsp3) is 0.727. The van der Waals surface area contributed by atoms with E-state index in [4.69, 9.17) is 0 Å². The van der Waals surface area contributed by atoms with Gasteiger partial charge in [-0.3, -0.25) is 4.79 Å². The van der Waals surface area contributed by atoms with Crippen molar-refractivity contribution >= 4 is 5.78 Å². The van der Waals surface area contributed by atoms with E-state index in [-0.39, 0.29) is 11.2 Å². The third-order valence-corrected chi connectivity index (χ3v) is 3.12. The first-order chi connectivity index (χ1) is 6.10. The summed E-state index contributed by atoms with van der Waals surface area (Å²) < 4.78 is 0. The Hall–Kier alpha value is -0.790. The first-order valence-electron chi connectivity index (χ1n) is 5.02. The molecule has 2 nitrogen and oxygen atoms in total. The zero-order chi connectivity index (χ0) is 9.90. The van der Waals surface area contributed by atoms with E-state index in [0.717, 1.165) is 19.3 Å². The molecule has 1 aliphatic carbocycles. The maximum atomic E-state index is 10.8. The molecule has 0 amide bonds. The molecule has 0 spiro atoms.